The van der Waals surface area contributed by atoms with Gasteiger partial charge in [-0.3, -0.25) is 9.59 Å². The minimum absolute atomic E-state index is 0.000498. The highest BCUT2D eigenvalue weighted by Gasteiger charge is 2.51. The number of likely N-dealkylation sites (tertiary alicyclic amines) is 1. The Morgan fingerprint density at radius 2 is 1.14 bits per heavy atom. The summed E-state index contributed by atoms with van der Waals surface area (Å²) in [7, 11) is 2.10. The van der Waals surface area contributed by atoms with Crippen LogP contribution < -0.4 is 16.0 Å². The van der Waals surface area contributed by atoms with Crippen LogP contribution in [0.3, 0.4) is 0 Å². The van der Waals surface area contributed by atoms with Gasteiger partial charge in [0, 0.05) is 74.2 Å². The number of halogens is 2. The summed E-state index contributed by atoms with van der Waals surface area (Å²) in [6.07, 6.45) is 6.80. The first-order valence-electron chi connectivity index (χ1n) is 19.4. The number of nitrogens with one attached hydrogen (secondary N) is 5. The molecule has 2 amide bonds. The number of rotatable bonds is 2. The van der Waals surface area contributed by atoms with E-state index in [-0.39, 0.29) is 34.3 Å². The Kier molecular flexibility index (Phi) is 7.45. The van der Waals surface area contributed by atoms with E-state index in [2.05, 4.69) is 47.8 Å². The number of aromatic amines is 2. The molecule has 2 spiro atoms. The number of carbonyl (C=O) groups excluding carboxylic acids is 2. The number of aromatic nitrogens is 6. The zero-order valence-corrected chi connectivity index (χ0v) is 31.2. The van der Waals surface area contributed by atoms with Crippen LogP contribution in [0.4, 0.5) is 8.78 Å². The Labute approximate surface area is 326 Å². The monoisotopic (exact) mass is 764 g/mol. The first-order valence-corrected chi connectivity index (χ1v) is 19.4. The summed E-state index contributed by atoms with van der Waals surface area (Å²) in [6, 6.07) is 12.6. The lowest BCUT2D eigenvalue weighted by Crippen LogP contribution is -2.65. The second-order valence-electron chi connectivity index (χ2n) is 16.3. The number of amides is 2. The lowest BCUT2D eigenvalue weighted by atomic mass is 9.73. The first kappa shape index (κ1) is 34.2. The number of H-pyrrole nitrogens is 2. The molecule has 0 bridgehead atoms. The van der Waals surface area contributed by atoms with Crippen molar-refractivity contribution in [2.45, 2.75) is 36.5 Å². The molecular weight excluding hydrogens is 727 g/mol. The van der Waals surface area contributed by atoms with E-state index in [0.29, 0.717) is 35.9 Å². The maximum atomic E-state index is 13.7. The third-order valence-electron chi connectivity index (χ3n) is 12.6. The molecule has 5 N–H and O–H groups in total. The standard InChI is InChI=1S/C22H20FN5O.C21H18FN5O/c1-28-10-22(11-28)9-25-21(29)16-15-6-5-13-8-24-20(12-3-2-4-14(23)7-12)27-17(13)18(15)26-19(16)22;22-13-3-1-2-11(6-13)19-24-7-12-4-5-14-15-18(26-17(14)16(12)27-19)21(8-23-9-21)10-25-20(15)28/h2-4,7-8,26H,5-6,9-11H2,1H3,(H,25,29);1-3,6-7,23,26H,4-5,8-10H2,(H,25,28). The van der Waals surface area contributed by atoms with Crippen LogP contribution in [0.1, 0.15) is 54.4 Å². The van der Waals surface area contributed by atoms with Crippen LogP contribution in [0.2, 0.25) is 0 Å². The average molecular weight is 765 g/mol. The van der Waals surface area contributed by atoms with Crippen molar-refractivity contribution in [3.63, 3.8) is 0 Å². The molecule has 2 fully saturated rings. The van der Waals surface area contributed by atoms with E-state index in [1.165, 1.54) is 24.3 Å². The van der Waals surface area contributed by atoms with Crippen molar-refractivity contribution in [2.75, 3.05) is 46.3 Å². The van der Waals surface area contributed by atoms with Crippen molar-refractivity contribution in [1.29, 1.82) is 0 Å². The fourth-order valence-corrected chi connectivity index (χ4v) is 9.78. The minimum atomic E-state index is -0.314. The molecule has 12 nitrogen and oxygen atoms in total. The predicted molar refractivity (Wildman–Crippen MR) is 208 cm³/mol. The Balaban J connectivity index is 0.000000131. The molecule has 14 heteroatoms. The summed E-state index contributed by atoms with van der Waals surface area (Å²) in [5.74, 6) is 0.348. The van der Waals surface area contributed by atoms with Crippen LogP contribution in [-0.2, 0) is 36.5 Å². The van der Waals surface area contributed by atoms with E-state index in [4.69, 9.17) is 9.97 Å². The largest absolute Gasteiger partial charge is 0.356 e. The third kappa shape index (κ3) is 5.23. The highest BCUT2D eigenvalue weighted by atomic mass is 19.1. The second kappa shape index (κ2) is 12.4. The molecule has 2 aromatic carbocycles. The molecule has 0 radical (unpaired) electrons. The average Bonchev–Trinajstić information content (AvgIpc) is 3.80. The Morgan fingerprint density at radius 3 is 1.60 bits per heavy atom. The highest BCUT2D eigenvalue weighted by molar-refractivity contribution is 6.02. The summed E-state index contributed by atoms with van der Waals surface area (Å²) in [5.41, 5.74) is 12.5. The van der Waals surface area contributed by atoms with Gasteiger partial charge in [0.15, 0.2) is 11.6 Å². The van der Waals surface area contributed by atoms with Gasteiger partial charge in [-0.15, -0.1) is 0 Å². The highest BCUT2D eigenvalue weighted by Crippen LogP contribution is 2.45. The maximum absolute atomic E-state index is 13.7. The topological polar surface area (TPSA) is 157 Å². The molecule has 6 aromatic rings. The van der Waals surface area contributed by atoms with Gasteiger partial charge in [-0.25, -0.2) is 28.7 Å². The summed E-state index contributed by atoms with van der Waals surface area (Å²) in [4.78, 5) is 53.3. The van der Waals surface area contributed by atoms with Gasteiger partial charge in [0.05, 0.1) is 44.7 Å². The molecular formula is C43H38F2N10O2. The van der Waals surface area contributed by atoms with Crippen LogP contribution in [0, 0.1) is 11.6 Å². The van der Waals surface area contributed by atoms with Gasteiger partial charge >= 0.3 is 0 Å². The summed E-state index contributed by atoms with van der Waals surface area (Å²) >= 11 is 0. The Hall–Kier alpha value is -6.12. The minimum Gasteiger partial charge on any atom is -0.356 e. The lowest BCUT2D eigenvalue weighted by molar-refractivity contribution is 0.0688. The number of likely N-dealkylation sites (N-methyl/N-ethyl adjacent to an activating group) is 1. The third-order valence-corrected chi connectivity index (χ3v) is 12.6. The van der Waals surface area contributed by atoms with Crippen LogP contribution in [-0.4, -0.2) is 92.9 Å². The summed E-state index contributed by atoms with van der Waals surface area (Å²) in [5, 5.41) is 9.49. The number of fused-ring (bicyclic) bond motifs is 12. The van der Waals surface area contributed by atoms with Gasteiger partial charge in [0.25, 0.3) is 11.8 Å². The lowest BCUT2D eigenvalue weighted by Gasteiger charge is -2.50. The van der Waals surface area contributed by atoms with Gasteiger partial charge in [0.2, 0.25) is 0 Å². The molecule has 4 aromatic heterocycles. The van der Waals surface area contributed by atoms with Gasteiger partial charge in [-0.2, -0.15) is 0 Å². The predicted octanol–water partition coefficient (Wildman–Crippen LogP) is 4.26. The van der Waals surface area contributed by atoms with Gasteiger partial charge in [-0.1, -0.05) is 24.3 Å². The van der Waals surface area contributed by atoms with Crippen LogP contribution >= 0.6 is 0 Å². The normalized spacial score (nSPS) is 18.9. The molecule has 8 heterocycles. The number of aryl methyl sites for hydroxylation is 2. The number of hydrogen-bond acceptors (Lipinski definition) is 8. The van der Waals surface area contributed by atoms with Gasteiger partial charge in [0.1, 0.15) is 11.6 Å². The van der Waals surface area contributed by atoms with Crippen molar-refractivity contribution in [1.82, 2.24) is 50.8 Å². The van der Waals surface area contributed by atoms with Crippen LogP contribution in [0.15, 0.2) is 60.9 Å². The molecule has 0 saturated carbocycles. The Bertz CT molecular complexity index is 2690. The molecule has 6 aliphatic rings. The second-order valence-corrected chi connectivity index (χ2v) is 16.3. The van der Waals surface area contributed by atoms with E-state index >= 15 is 0 Å². The van der Waals surface area contributed by atoms with E-state index in [9.17, 15) is 18.4 Å². The van der Waals surface area contributed by atoms with Crippen LogP contribution in [0.5, 0.6) is 0 Å². The fraction of sp³-hybridized carbons (Fsp3) is 0.302. The number of benzene rings is 2. The number of carbonyl (C=O) groups is 2. The number of nitrogens with zero attached hydrogens (tertiary/aromatic N) is 5. The molecule has 0 atom stereocenters. The maximum Gasteiger partial charge on any atom is 0.253 e. The molecule has 4 aliphatic heterocycles. The zero-order valence-electron chi connectivity index (χ0n) is 31.2. The number of hydrogen-bond donors (Lipinski definition) is 5. The van der Waals surface area contributed by atoms with Crippen molar-refractivity contribution in [3.05, 3.63) is 117 Å². The summed E-state index contributed by atoms with van der Waals surface area (Å²) < 4.78 is 27.3. The molecule has 57 heavy (non-hydrogen) atoms. The van der Waals surface area contributed by atoms with Gasteiger partial charge < -0.3 is 30.8 Å². The van der Waals surface area contributed by atoms with E-state index in [1.807, 2.05) is 12.4 Å². The van der Waals surface area contributed by atoms with E-state index in [1.54, 1.807) is 24.3 Å². The van der Waals surface area contributed by atoms with E-state index < -0.39 is 0 Å². The first-order chi connectivity index (χ1) is 27.7. The van der Waals surface area contributed by atoms with E-state index in [0.717, 1.165) is 119 Å². The van der Waals surface area contributed by atoms with Crippen molar-refractivity contribution >= 4 is 11.8 Å². The van der Waals surface area contributed by atoms with Crippen molar-refractivity contribution < 1.29 is 18.4 Å². The molecule has 0 unspecified atom stereocenters. The quantitative estimate of drug-likeness (QED) is 0.175. The SMILES string of the molecule is CN1CC2(CNC(=O)c3c2[nH]c2c3CCc3cnc(-c4cccc(F)c4)nc3-2)C1.O=C1NCC2(CNC2)c2[nH]c3c(c21)CCc1cnc(-c2cccc(F)c2)nc1-3. The zero-order chi connectivity index (χ0) is 38.6. The van der Waals surface area contributed by atoms with Crippen molar-refractivity contribution in [2.24, 2.45) is 0 Å². The smallest absolute Gasteiger partial charge is 0.253 e. The molecule has 12 rings (SSSR count). The molecule has 286 valence electrons. The van der Waals surface area contributed by atoms with Crippen LogP contribution in [0.25, 0.3) is 45.6 Å². The fourth-order valence-electron chi connectivity index (χ4n) is 9.78. The van der Waals surface area contributed by atoms with Gasteiger partial charge in [-0.05, 0) is 79.3 Å². The molecule has 2 aliphatic carbocycles. The molecule has 2 saturated heterocycles. The summed E-state index contributed by atoms with van der Waals surface area (Å²) in [6.45, 7) is 4.86. The Morgan fingerprint density at radius 1 is 0.649 bits per heavy atom. The van der Waals surface area contributed by atoms with Crippen molar-refractivity contribution in [3.8, 4) is 45.6 Å².